The van der Waals surface area contributed by atoms with Gasteiger partial charge in [-0.25, -0.2) is 8.42 Å². The maximum Gasteiger partial charge on any atom is 0.243 e. The molecule has 1 atom stereocenters. The number of hydrogen-bond donors (Lipinski definition) is 1. The van der Waals surface area contributed by atoms with Crippen molar-refractivity contribution in [3.8, 4) is 17.2 Å². The third-order valence-corrected chi connectivity index (χ3v) is 7.32. The number of nitrogens with zero attached hydrogens (tertiary/aromatic N) is 2. The summed E-state index contributed by atoms with van der Waals surface area (Å²) in [5, 5.41) is 10.4. The zero-order valence-corrected chi connectivity index (χ0v) is 19.1. The van der Waals surface area contributed by atoms with E-state index in [0.29, 0.717) is 49.1 Å². The monoisotopic (exact) mass is 468 g/mol. The van der Waals surface area contributed by atoms with Gasteiger partial charge in [-0.3, -0.25) is 4.90 Å². The Morgan fingerprint density at radius 3 is 2.09 bits per heavy atom. The van der Waals surface area contributed by atoms with Crippen molar-refractivity contribution in [2.45, 2.75) is 11.0 Å². The normalized spacial score (nSPS) is 16.3. The SMILES string of the molecule is O=S(=O)(c1ccccc1)N1CCN(CC(O)COc2cccc(Oc3ccccc3)c2)CC1. The van der Waals surface area contributed by atoms with Crippen molar-refractivity contribution in [2.75, 3.05) is 39.3 Å². The molecule has 0 bridgehead atoms. The fourth-order valence-corrected chi connectivity index (χ4v) is 5.13. The van der Waals surface area contributed by atoms with Crippen molar-refractivity contribution in [1.29, 1.82) is 0 Å². The van der Waals surface area contributed by atoms with Gasteiger partial charge >= 0.3 is 0 Å². The van der Waals surface area contributed by atoms with Gasteiger partial charge < -0.3 is 14.6 Å². The molecule has 174 valence electrons. The molecule has 0 spiro atoms. The third-order valence-electron chi connectivity index (χ3n) is 5.41. The Hall–Kier alpha value is -2.91. The summed E-state index contributed by atoms with van der Waals surface area (Å²) in [6.07, 6.45) is -0.694. The highest BCUT2D eigenvalue weighted by Crippen LogP contribution is 2.25. The quantitative estimate of drug-likeness (QED) is 0.520. The van der Waals surface area contributed by atoms with Gasteiger partial charge in [0.2, 0.25) is 10.0 Å². The molecular formula is C25H28N2O5S. The summed E-state index contributed by atoms with van der Waals surface area (Å²) in [5.74, 6) is 2.01. The van der Waals surface area contributed by atoms with E-state index in [1.165, 1.54) is 4.31 Å². The number of hydrogen-bond acceptors (Lipinski definition) is 6. The molecular weight excluding hydrogens is 440 g/mol. The Morgan fingerprint density at radius 1 is 0.788 bits per heavy atom. The number of ether oxygens (including phenoxy) is 2. The van der Waals surface area contributed by atoms with Crippen LogP contribution in [0.25, 0.3) is 0 Å². The summed E-state index contributed by atoms with van der Waals surface area (Å²) in [6, 6.07) is 25.3. The van der Waals surface area contributed by atoms with Crippen LogP contribution in [-0.2, 0) is 10.0 Å². The smallest absolute Gasteiger partial charge is 0.243 e. The molecule has 4 rings (SSSR count). The third kappa shape index (κ3) is 6.33. The van der Waals surface area contributed by atoms with Crippen LogP contribution >= 0.6 is 0 Å². The minimum Gasteiger partial charge on any atom is -0.491 e. The van der Waals surface area contributed by atoms with Gasteiger partial charge in [0.15, 0.2) is 0 Å². The lowest BCUT2D eigenvalue weighted by molar-refractivity contribution is 0.0568. The van der Waals surface area contributed by atoms with Crippen molar-refractivity contribution in [1.82, 2.24) is 9.21 Å². The molecule has 0 amide bonds. The standard InChI is InChI=1S/C25H28N2O5S/c28-21(20-31-23-10-7-11-24(18-23)32-22-8-3-1-4-9-22)19-26-14-16-27(17-15-26)33(29,30)25-12-5-2-6-13-25/h1-13,18,21,28H,14-17,19-20H2. The number of piperazine rings is 1. The van der Waals surface area contributed by atoms with Gasteiger partial charge in [0, 0.05) is 38.8 Å². The van der Waals surface area contributed by atoms with Crippen LogP contribution in [0.4, 0.5) is 0 Å². The zero-order valence-electron chi connectivity index (χ0n) is 18.3. The largest absolute Gasteiger partial charge is 0.491 e. The van der Waals surface area contributed by atoms with Gasteiger partial charge in [0.25, 0.3) is 0 Å². The molecule has 1 aliphatic heterocycles. The van der Waals surface area contributed by atoms with E-state index in [9.17, 15) is 13.5 Å². The highest BCUT2D eigenvalue weighted by atomic mass is 32.2. The van der Waals surface area contributed by atoms with E-state index in [1.54, 1.807) is 36.4 Å². The first kappa shape index (κ1) is 23.3. The molecule has 1 fully saturated rings. The fraction of sp³-hybridized carbons (Fsp3) is 0.280. The second kappa shape index (κ2) is 10.8. The molecule has 8 heteroatoms. The van der Waals surface area contributed by atoms with Gasteiger partial charge in [0.05, 0.1) is 4.90 Å². The van der Waals surface area contributed by atoms with Crippen molar-refractivity contribution < 1.29 is 23.0 Å². The maximum atomic E-state index is 12.7. The van der Waals surface area contributed by atoms with Crippen molar-refractivity contribution in [3.05, 3.63) is 84.9 Å². The molecule has 1 unspecified atom stereocenters. The maximum absolute atomic E-state index is 12.7. The molecule has 0 aliphatic carbocycles. The Morgan fingerprint density at radius 2 is 1.39 bits per heavy atom. The van der Waals surface area contributed by atoms with Crippen LogP contribution in [0.3, 0.4) is 0 Å². The number of benzene rings is 3. The van der Waals surface area contributed by atoms with E-state index in [4.69, 9.17) is 9.47 Å². The van der Waals surface area contributed by atoms with E-state index in [0.717, 1.165) is 5.75 Å². The van der Waals surface area contributed by atoms with E-state index in [-0.39, 0.29) is 6.61 Å². The number of aliphatic hydroxyl groups is 1. The van der Waals surface area contributed by atoms with Crippen molar-refractivity contribution in [3.63, 3.8) is 0 Å². The molecule has 3 aromatic rings. The van der Waals surface area contributed by atoms with Gasteiger partial charge in [-0.05, 0) is 36.4 Å². The lowest BCUT2D eigenvalue weighted by Gasteiger charge is -2.34. The second-order valence-corrected chi connectivity index (χ2v) is 9.81. The Labute approximate surface area is 194 Å². The summed E-state index contributed by atoms with van der Waals surface area (Å²) < 4.78 is 38.6. The first-order valence-electron chi connectivity index (χ1n) is 10.9. The fourth-order valence-electron chi connectivity index (χ4n) is 3.69. The van der Waals surface area contributed by atoms with Crippen molar-refractivity contribution in [2.24, 2.45) is 0 Å². The van der Waals surface area contributed by atoms with E-state index >= 15 is 0 Å². The minimum atomic E-state index is -3.48. The van der Waals surface area contributed by atoms with Gasteiger partial charge in [-0.15, -0.1) is 0 Å². The summed E-state index contributed by atoms with van der Waals surface area (Å²) in [5.41, 5.74) is 0. The summed E-state index contributed by atoms with van der Waals surface area (Å²) in [7, 11) is -3.48. The molecule has 1 saturated heterocycles. The van der Waals surface area contributed by atoms with Crippen molar-refractivity contribution >= 4 is 10.0 Å². The summed E-state index contributed by atoms with van der Waals surface area (Å²) >= 11 is 0. The Bertz CT molecular complexity index is 1120. The van der Waals surface area contributed by atoms with Gasteiger partial charge in [-0.1, -0.05) is 42.5 Å². The Kier molecular flexibility index (Phi) is 7.61. The van der Waals surface area contributed by atoms with E-state index < -0.39 is 16.1 Å². The predicted molar refractivity (Wildman–Crippen MR) is 126 cm³/mol. The predicted octanol–water partition coefficient (Wildman–Crippen LogP) is 3.23. The molecule has 0 saturated carbocycles. The van der Waals surface area contributed by atoms with E-state index in [2.05, 4.69) is 4.90 Å². The lowest BCUT2D eigenvalue weighted by atomic mass is 10.3. The van der Waals surface area contributed by atoms with Crippen LogP contribution in [0.1, 0.15) is 0 Å². The molecule has 7 nitrogen and oxygen atoms in total. The van der Waals surface area contributed by atoms with Crippen LogP contribution in [0.2, 0.25) is 0 Å². The molecule has 1 heterocycles. The average Bonchev–Trinajstić information content (AvgIpc) is 2.85. The zero-order chi connectivity index (χ0) is 23.1. The van der Waals surface area contributed by atoms with E-state index in [1.807, 2.05) is 48.5 Å². The molecule has 3 aromatic carbocycles. The number of rotatable bonds is 9. The topological polar surface area (TPSA) is 79.3 Å². The number of aliphatic hydroxyl groups excluding tert-OH is 1. The first-order chi connectivity index (χ1) is 16.0. The highest BCUT2D eigenvalue weighted by molar-refractivity contribution is 7.89. The highest BCUT2D eigenvalue weighted by Gasteiger charge is 2.28. The second-order valence-electron chi connectivity index (χ2n) is 7.87. The van der Waals surface area contributed by atoms with Crippen LogP contribution < -0.4 is 9.47 Å². The van der Waals surface area contributed by atoms with Gasteiger partial charge in [0.1, 0.15) is 30.0 Å². The lowest BCUT2D eigenvalue weighted by Crippen LogP contribution is -2.50. The molecule has 33 heavy (non-hydrogen) atoms. The molecule has 1 aliphatic rings. The minimum absolute atomic E-state index is 0.136. The average molecular weight is 469 g/mol. The van der Waals surface area contributed by atoms with Crippen LogP contribution in [0.5, 0.6) is 17.2 Å². The van der Waals surface area contributed by atoms with Gasteiger partial charge in [-0.2, -0.15) is 4.31 Å². The number of para-hydroxylation sites is 1. The molecule has 0 radical (unpaired) electrons. The summed E-state index contributed by atoms with van der Waals surface area (Å²) in [4.78, 5) is 2.37. The molecule has 0 aromatic heterocycles. The number of sulfonamides is 1. The Balaban J connectivity index is 1.23. The number of β-amino-alcohol motifs (C(OH)–C–C–N with tert-alkyl or cyclic N) is 1. The van der Waals surface area contributed by atoms with Crippen LogP contribution in [0, 0.1) is 0 Å². The first-order valence-corrected chi connectivity index (χ1v) is 12.4. The molecule has 1 N–H and O–H groups in total. The summed E-state index contributed by atoms with van der Waals surface area (Å²) in [6.45, 7) is 2.46. The van der Waals surface area contributed by atoms with Crippen LogP contribution in [-0.4, -0.2) is 68.2 Å². The van der Waals surface area contributed by atoms with Crippen LogP contribution in [0.15, 0.2) is 89.8 Å².